The molecule has 2 rings (SSSR count). The topological polar surface area (TPSA) is 139 Å². The maximum Gasteiger partial charge on any atom is 0.208 e. The van der Waals surface area contributed by atoms with Gasteiger partial charge in [-0.2, -0.15) is 0 Å². The van der Waals surface area contributed by atoms with Crippen molar-refractivity contribution in [1.82, 2.24) is 15.0 Å². The normalized spacial score (nSPS) is 29.9. The Hall–Kier alpha value is -2.40. The summed E-state index contributed by atoms with van der Waals surface area (Å²) in [6, 6.07) is -1.58. The van der Waals surface area contributed by atoms with Crippen molar-refractivity contribution in [2.45, 2.75) is 25.4 Å². The van der Waals surface area contributed by atoms with Crippen molar-refractivity contribution in [2.24, 2.45) is 5.92 Å². The van der Waals surface area contributed by atoms with Gasteiger partial charge >= 0.3 is 0 Å². The van der Waals surface area contributed by atoms with Gasteiger partial charge in [0.05, 0.1) is 6.54 Å². The fraction of sp³-hybridized carbons (Fsp3) is 1.00. The first kappa shape index (κ1) is 14.0. The van der Waals surface area contributed by atoms with Gasteiger partial charge < -0.3 is 0 Å². The van der Waals surface area contributed by atoms with Crippen molar-refractivity contribution in [3.8, 4) is 0 Å². The molecule has 12 nitrogen and oxygen atoms in total. The van der Waals surface area contributed by atoms with Crippen molar-refractivity contribution in [1.29, 1.82) is 0 Å². The van der Waals surface area contributed by atoms with E-state index in [1.165, 1.54) is 0 Å². The molecule has 0 aliphatic carbocycles. The molecule has 0 amide bonds. The summed E-state index contributed by atoms with van der Waals surface area (Å²) in [5.41, 5.74) is 0. The van der Waals surface area contributed by atoms with Crippen molar-refractivity contribution < 1.29 is 15.1 Å². The Morgan fingerprint density at radius 1 is 1.00 bits per heavy atom. The summed E-state index contributed by atoms with van der Waals surface area (Å²) in [7, 11) is 0. The van der Waals surface area contributed by atoms with Crippen LogP contribution < -0.4 is 0 Å². The van der Waals surface area contributed by atoms with Crippen LogP contribution in [0.1, 0.15) is 13.3 Å². The van der Waals surface area contributed by atoms with E-state index in [1.54, 1.807) is 6.92 Å². The molecule has 12 heteroatoms. The third-order valence-electron chi connectivity index (χ3n) is 3.87. The van der Waals surface area contributed by atoms with Gasteiger partial charge in [0.25, 0.3) is 0 Å². The van der Waals surface area contributed by atoms with Crippen LogP contribution in [-0.2, 0) is 0 Å². The number of nitro groups is 3. The molecule has 2 saturated heterocycles. The number of hydrazine groups is 3. The number of hydrogen-bond acceptors (Lipinski definition) is 6. The second-order valence-electron chi connectivity index (χ2n) is 4.97. The monoisotopic (exact) mass is 290 g/mol. The van der Waals surface area contributed by atoms with E-state index in [-0.39, 0.29) is 19.0 Å². The van der Waals surface area contributed by atoms with Crippen molar-refractivity contribution in [3.05, 3.63) is 30.3 Å². The second kappa shape index (κ2) is 4.94. The van der Waals surface area contributed by atoms with E-state index in [1.807, 2.05) is 0 Å². The van der Waals surface area contributed by atoms with E-state index in [2.05, 4.69) is 0 Å². The number of rotatable bonds is 4. The minimum absolute atomic E-state index is 0.139. The lowest BCUT2D eigenvalue weighted by molar-refractivity contribution is -0.697. The third kappa shape index (κ3) is 2.23. The lowest BCUT2D eigenvalue weighted by Crippen LogP contribution is -2.52. The van der Waals surface area contributed by atoms with Crippen molar-refractivity contribution in [2.75, 3.05) is 19.8 Å². The molecular formula is C8H14N6O6. The van der Waals surface area contributed by atoms with Crippen molar-refractivity contribution >= 4 is 0 Å². The Bertz CT molecular complexity index is 445. The zero-order valence-electron chi connectivity index (χ0n) is 10.7. The summed E-state index contributed by atoms with van der Waals surface area (Å²) in [6.45, 7) is 1.28. The molecule has 3 unspecified atom stereocenters. The molecular weight excluding hydrogens is 276 g/mol. The first-order valence-corrected chi connectivity index (χ1v) is 6.04. The molecule has 0 aromatic rings. The van der Waals surface area contributed by atoms with E-state index < -0.39 is 33.8 Å². The molecule has 112 valence electrons. The Morgan fingerprint density at radius 3 is 2.10 bits per heavy atom. The predicted octanol–water partition coefficient (Wildman–Crippen LogP) is -0.784. The smallest absolute Gasteiger partial charge is 0.208 e. The van der Waals surface area contributed by atoms with Gasteiger partial charge in [-0.1, -0.05) is 11.9 Å². The van der Waals surface area contributed by atoms with Crippen LogP contribution in [0, 0.1) is 36.3 Å². The highest BCUT2D eigenvalue weighted by Gasteiger charge is 2.54. The van der Waals surface area contributed by atoms with Crippen LogP contribution in [0.4, 0.5) is 0 Å². The summed E-state index contributed by atoms with van der Waals surface area (Å²) in [5, 5.41) is 33.1. The minimum Gasteiger partial charge on any atom is -0.235 e. The van der Waals surface area contributed by atoms with Crippen LogP contribution in [0.2, 0.25) is 0 Å². The summed E-state index contributed by atoms with van der Waals surface area (Å²) in [4.78, 5) is 32.8. The van der Waals surface area contributed by atoms with Gasteiger partial charge in [-0.15, -0.1) is 10.0 Å². The number of nitrogens with zero attached hydrogens (tertiary/aromatic N) is 6. The Kier molecular flexibility index (Phi) is 3.46. The quantitative estimate of drug-likeness (QED) is 0.481. The molecule has 20 heavy (non-hydrogen) atoms. The highest BCUT2D eigenvalue weighted by atomic mass is 16.7. The predicted molar refractivity (Wildman–Crippen MR) is 62.5 cm³/mol. The van der Waals surface area contributed by atoms with Crippen LogP contribution in [0.5, 0.6) is 0 Å². The average Bonchev–Trinajstić information content (AvgIpc) is 2.91. The fourth-order valence-electron chi connectivity index (χ4n) is 2.93. The third-order valence-corrected chi connectivity index (χ3v) is 3.87. The van der Waals surface area contributed by atoms with Crippen molar-refractivity contribution in [3.63, 3.8) is 0 Å². The summed E-state index contributed by atoms with van der Waals surface area (Å²) in [5.74, 6) is -0.139. The second-order valence-corrected chi connectivity index (χ2v) is 4.97. The molecule has 0 aromatic carbocycles. The van der Waals surface area contributed by atoms with Crippen LogP contribution in [-0.4, -0.2) is 62.0 Å². The largest absolute Gasteiger partial charge is 0.235 e. The van der Waals surface area contributed by atoms with Gasteiger partial charge in [-0.3, -0.25) is 0 Å². The van der Waals surface area contributed by atoms with Crippen LogP contribution in [0.25, 0.3) is 0 Å². The Labute approximate surface area is 112 Å². The number of hydrogen-bond donors (Lipinski definition) is 0. The lowest BCUT2D eigenvalue weighted by Gasteiger charge is -2.26. The van der Waals surface area contributed by atoms with Gasteiger partial charge in [-0.05, 0) is 12.3 Å². The maximum atomic E-state index is 11.0. The van der Waals surface area contributed by atoms with Crippen LogP contribution >= 0.6 is 0 Å². The lowest BCUT2D eigenvalue weighted by atomic mass is 9.96. The molecule has 2 aliphatic heterocycles. The Morgan fingerprint density at radius 2 is 1.60 bits per heavy atom. The van der Waals surface area contributed by atoms with Gasteiger partial charge in [0.1, 0.15) is 18.6 Å². The highest BCUT2D eigenvalue weighted by Crippen LogP contribution is 2.31. The van der Waals surface area contributed by atoms with Crippen LogP contribution in [0.15, 0.2) is 0 Å². The van der Waals surface area contributed by atoms with E-state index in [0.29, 0.717) is 16.4 Å². The summed E-state index contributed by atoms with van der Waals surface area (Å²) < 4.78 is 0. The summed E-state index contributed by atoms with van der Waals surface area (Å²) in [6.07, 6.45) is 0.534. The van der Waals surface area contributed by atoms with Gasteiger partial charge in [0.2, 0.25) is 6.67 Å². The maximum absolute atomic E-state index is 11.0. The SMILES string of the molecule is CC1CCN([N+](=O)[O-])C1C1CN([N+](=O)[O-])CN1[N+](=O)[O-]. The molecule has 0 saturated carbocycles. The summed E-state index contributed by atoms with van der Waals surface area (Å²) >= 11 is 0. The van der Waals surface area contributed by atoms with Gasteiger partial charge in [-0.25, -0.2) is 30.3 Å². The molecule has 0 spiro atoms. The Balaban J connectivity index is 2.25. The molecule has 0 aromatic heterocycles. The van der Waals surface area contributed by atoms with Gasteiger partial charge in [0, 0.05) is 0 Å². The van der Waals surface area contributed by atoms with E-state index in [9.17, 15) is 30.3 Å². The molecule has 2 heterocycles. The molecule has 3 atom stereocenters. The molecule has 0 radical (unpaired) electrons. The fourth-order valence-corrected chi connectivity index (χ4v) is 2.93. The first-order valence-electron chi connectivity index (χ1n) is 6.04. The zero-order valence-corrected chi connectivity index (χ0v) is 10.7. The highest BCUT2D eigenvalue weighted by molar-refractivity contribution is 4.93. The molecule has 0 bridgehead atoms. The van der Waals surface area contributed by atoms with E-state index in [0.717, 1.165) is 5.01 Å². The first-order chi connectivity index (χ1) is 9.32. The minimum atomic E-state index is -0.877. The van der Waals surface area contributed by atoms with Gasteiger partial charge in [0.15, 0.2) is 15.1 Å². The average molecular weight is 290 g/mol. The standard InChI is InChI=1S/C8H14N6O6/c1-6-2-3-10(13(17)18)8(6)7-4-9(12(15)16)5-11(7)14(19)20/h6-8H,2-5H2,1H3. The molecule has 2 aliphatic rings. The molecule has 2 fully saturated rings. The van der Waals surface area contributed by atoms with Crippen LogP contribution in [0.3, 0.4) is 0 Å². The molecule has 0 N–H and O–H groups in total. The zero-order chi connectivity index (χ0) is 15.0. The van der Waals surface area contributed by atoms with E-state index in [4.69, 9.17) is 0 Å². The van der Waals surface area contributed by atoms with E-state index >= 15 is 0 Å².